The van der Waals surface area contributed by atoms with Crippen molar-refractivity contribution in [3.8, 4) is 11.5 Å². The molecular formula is C58H102Br2O2. The van der Waals surface area contributed by atoms with Crippen molar-refractivity contribution in [3.63, 3.8) is 0 Å². The lowest BCUT2D eigenvalue weighted by Gasteiger charge is -2.22. The third-order valence-corrected chi connectivity index (χ3v) is 15.0. The Morgan fingerprint density at radius 3 is 0.742 bits per heavy atom. The summed E-state index contributed by atoms with van der Waals surface area (Å²) in [5, 5.41) is 2.33. The second-order valence-electron chi connectivity index (χ2n) is 19.7. The van der Waals surface area contributed by atoms with Crippen molar-refractivity contribution >= 4 is 42.6 Å². The maximum atomic E-state index is 6.90. The van der Waals surface area contributed by atoms with Crippen LogP contribution < -0.4 is 9.47 Å². The number of unbranched alkanes of at least 4 members (excludes halogenated alkanes) is 32. The van der Waals surface area contributed by atoms with Gasteiger partial charge in [-0.15, -0.1) is 0 Å². The highest BCUT2D eigenvalue weighted by Crippen LogP contribution is 2.42. The van der Waals surface area contributed by atoms with E-state index in [2.05, 4.69) is 83.8 Å². The Kier molecular flexibility index (Phi) is 38.6. The summed E-state index contributed by atoms with van der Waals surface area (Å²) in [6.45, 7) is 10.9. The third kappa shape index (κ3) is 29.0. The van der Waals surface area contributed by atoms with Crippen molar-refractivity contribution in [1.82, 2.24) is 0 Å². The molecule has 2 rings (SSSR count). The Bertz CT molecular complexity index is 1180. The van der Waals surface area contributed by atoms with Crippen LogP contribution in [0, 0.1) is 11.8 Å². The van der Waals surface area contributed by atoms with E-state index < -0.39 is 0 Å². The van der Waals surface area contributed by atoms with Crippen molar-refractivity contribution in [1.29, 1.82) is 0 Å². The number of halogens is 2. The first-order chi connectivity index (χ1) is 30.5. The van der Waals surface area contributed by atoms with Gasteiger partial charge in [0.2, 0.25) is 0 Å². The van der Waals surface area contributed by atoms with Gasteiger partial charge in [0.25, 0.3) is 0 Å². The molecule has 0 aromatic heterocycles. The number of hydrogen-bond acceptors (Lipinski definition) is 2. The summed E-state index contributed by atoms with van der Waals surface area (Å²) in [5.74, 6) is 3.20. The van der Waals surface area contributed by atoms with Gasteiger partial charge >= 0.3 is 0 Å². The third-order valence-electron chi connectivity index (χ3n) is 13.8. The fourth-order valence-electron chi connectivity index (χ4n) is 9.59. The molecule has 2 nitrogen and oxygen atoms in total. The van der Waals surface area contributed by atoms with Crippen molar-refractivity contribution in [3.05, 3.63) is 33.2 Å². The fraction of sp³-hybridized carbons (Fsp3) is 0.828. The topological polar surface area (TPSA) is 18.5 Å². The zero-order valence-electron chi connectivity index (χ0n) is 41.7. The van der Waals surface area contributed by atoms with E-state index in [9.17, 15) is 0 Å². The van der Waals surface area contributed by atoms with Crippen LogP contribution in [0.15, 0.2) is 33.2 Å². The Hall–Kier alpha value is -0.740. The maximum Gasteiger partial charge on any atom is 0.141 e. The van der Waals surface area contributed by atoms with Crippen LogP contribution in [-0.4, -0.2) is 13.2 Å². The van der Waals surface area contributed by atoms with Gasteiger partial charge < -0.3 is 9.47 Å². The van der Waals surface area contributed by atoms with Gasteiger partial charge in [0.05, 0.1) is 22.2 Å². The predicted molar refractivity (Wildman–Crippen MR) is 285 cm³/mol. The first kappa shape index (κ1) is 57.4. The van der Waals surface area contributed by atoms with Crippen LogP contribution in [0.3, 0.4) is 0 Å². The molecule has 0 amide bonds. The molecule has 0 radical (unpaired) electrons. The summed E-state index contributed by atoms with van der Waals surface area (Å²) >= 11 is 7.85. The highest BCUT2D eigenvalue weighted by atomic mass is 79.9. The minimum Gasteiger partial charge on any atom is -0.491 e. The average Bonchev–Trinajstić information content (AvgIpc) is 3.27. The van der Waals surface area contributed by atoms with Gasteiger partial charge in [0.1, 0.15) is 11.5 Å². The number of fused-ring (bicyclic) bond motifs is 1. The smallest absolute Gasteiger partial charge is 0.141 e. The molecule has 0 aliphatic rings. The minimum absolute atomic E-state index is 0.611. The van der Waals surface area contributed by atoms with Crippen LogP contribution in [-0.2, 0) is 0 Å². The van der Waals surface area contributed by atoms with Crippen molar-refractivity contribution in [2.45, 2.75) is 285 Å². The zero-order valence-corrected chi connectivity index (χ0v) is 44.9. The monoisotopic (exact) mass is 989 g/mol. The molecule has 0 aliphatic heterocycles. The minimum atomic E-state index is 0.611. The number of benzene rings is 2. The molecule has 0 aliphatic carbocycles. The van der Waals surface area contributed by atoms with Gasteiger partial charge in [-0.2, -0.15) is 0 Å². The largest absolute Gasteiger partial charge is 0.491 e. The molecule has 0 fully saturated rings. The van der Waals surface area contributed by atoms with Crippen LogP contribution in [0.1, 0.15) is 285 Å². The molecule has 0 saturated heterocycles. The van der Waals surface area contributed by atoms with E-state index in [0.29, 0.717) is 11.8 Å². The SMILES string of the molecule is CCCCCCCCCCCCC(CCCCCCCCCC)COc1c(Br)ccc2c(OCC(CCCCCCCCCC)CCCCCCCCCCCC)c(Br)ccc12. The molecule has 0 bridgehead atoms. The zero-order chi connectivity index (χ0) is 44.6. The second kappa shape index (κ2) is 41.7. The van der Waals surface area contributed by atoms with Crippen LogP contribution >= 0.6 is 31.9 Å². The first-order valence-electron chi connectivity index (χ1n) is 27.7. The highest BCUT2D eigenvalue weighted by Gasteiger charge is 2.18. The van der Waals surface area contributed by atoms with E-state index in [0.717, 1.165) is 44.4 Å². The van der Waals surface area contributed by atoms with Gasteiger partial charge in [0, 0.05) is 10.8 Å². The summed E-state index contributed by atoms with van der Waals surface area (Å²) in [7, 11) is 0. The van der Waals surface area contributed by atoms with Gasteiger partial charge in [-0.05, 0) is 93.6 Å². The first-order valence-corrected chi connectivity index (χ1v) is 29.3. The van der Waals surface area contributed by atoms with Crippen LogP contribution in [0.4, 0.5) is 0 Å². The Labute approximate surface area is 404 Å². The molecule has 0 saturated carbocycles. The van der Waals surface area contributed by atoms with E-state index in [4.69, 9.17) is 9.47 Å². The number of rotatable bonds is 46. The molecule has 2 atom stereocenters. The lowest BCUT2D eigenvalue weighted by Crippen LogP contribution is -2.14. The van der Waals surface area contributed by atoms with E-state index in [1.54, 1.807) is 0 Å². The molecule has 2 aromatic rings. The summed E-state index contributed by atoms with van der Waals surface area (Å²) in [6.07, 6.45) is 55.2. The lowest BCUT2D eigenvalue weighted by atomic mass is 9.94. The quantitative estimate of drug-likeness (QED) is 0.0616. The van der Waals surface area contributed by atoms with Crippen molar-refractivity contribution < 1.29 is 9.47 Å². The van der Waals surface area contributed by atoms with Gasteiger partial charge in [-0.1, -0.05) is 259 Å². The van der Waals surface area contributed by atoms with E-state index in [-0.39, 0.29) is 0 Å². The van der Waals surface area contributed by atoms with E-state index in [1.165, 1.54) is 257 Å². The second-order valence-corrected chi connectivity index (χ2v) is 21.4. The summed E-state index contributed by atoms with van der Waals surface area (Å²) < 4.78 is 15.9. The Morgan fingerprint density at radius 2 is 0.516 bits per heavy atom. The maximum absolute atomic E-state index is 6.90. The van der Waals surface area contributed by atoms with E-state index >= 15 is 0 Å². The van der Waals surface area contributed by atoms with Crippen LogP contribution in [0.5, 0.6) is 11.5 Å². The van der Waals surface area contributed by atoms with Crippen LogP contribution in [0.2, 0.25) is 0 Å². The molecular weight excluding hydrogens is 888 g/mol. The molecule has 0 spiro atoms. The summed E-state index contributed by atoms with van der Waals surface area (Å²) in [4.78, 5) is 0. The standard InChI is InChI=1S/C58H102Br2O2/c1-5-9-13-17-21-25-27-31-35-39-43-51(41-37-33-29-23-19-15-11-7-3)49-61-57-53-45-48-56(60)58(54(53)46-47-55(57)59)62-50-52(42-38-34-30-24-20-16-12-8-4)44-40-36-32-28-26-22-18-14-10-6-2/h45-48,51-52H,5-44,49-50H2,1-4H3. The molecule has 4 heteroatoms. The highest BCUT2D eigenvalue weighted by molar-refractivity contribution is 9.11. The van der Waals surface area contributed by atoms with Crippen LogP contribution in [0.25, 0.3) is 10.8 Å². The molecule has 62 heavy (non-hydrogen) atoms. The number of hydrogen-bond donors (Lipinski definition) is 0. The fourth-order valence-corrected chi connectivity index (χ4v) is 10.5. The number of ether oxygens (including phenoxy) is 2. The molecule has 2 aromatic carbocycles. The van der Waals surface area contributed by atoms with E-state index in [1.807, 2.05) is 0 Å². The lowest BCUT2D eigenvalue weighted by molar-refractivity contribution is 0.223. The van der Waals surface area contributed by atoms with Gasteiger partial charge in [0.15, 0.2) is 0 Å². The predicted octanol–water partition coefficient (Wildman–Crippen LogP) is 22.0. The Balaban J connectivity index is 2.04. The summed E-state index contributed by atoms with van der Waals surface area (Å²) in [6, 6.07) is 8.86. The van der Waals surface area contributed by atoms with Crippen molar-refractivity contribution in [2.24, 2.45) is 11.8 Å². The molecule has 0 heterocycles. The van der Waals surface area contributed by atoms with Gasteiger partial charge in [-0.3, -0.25) is 0 Å². The molecule has 0 N–H and O–H groups in total. The Morgan fingerprint density at radius 1 is 0.306 bits per heavy atom. The van der Waals surface area contributed by atoms with Crippen molar-refractivity contribution in [2.75, 3.05) is 13.2 Å². The molecule has 2 unspecified atom stereocenters. The van der Waals surface area contributed by atoms with Gasteiger partial charge in [-0.25, -0.2) is 0 Å². The molecule has 360 valence electrons. The average molecular weight is 991 g/mol. The summed E-state index contributed by atoms with van der Waals surface area (Å²) in [5.41, 5.74) is 0. The normalized spacial score (nSPS) is 12.7.